The van der Waals surface area contributed by atoms with E-state index in [-0.39, 0.29) is 46.8 Å². The van der Waals surface area contributed by atoms with Crippen molar-refractivity contribution in [3.8, 4) is 17.2 Å². The number of phenolic OH excluding ortho intramolecular Hbond substituents is 3. The molecular weight excluding hydrogens is 468 g/mol. The van der Waals surface area contributed by atoms with Crippen LogP contribution in [0.4, 0.5) is 5.69 Å². The van der Waals surface area contributed by atoms with Crippen LogP contribution >= 0.6 is 0 Å². The number of nitrogens with one attached hydrogen (secondary N) is 1. The highest BCUT2D eigenvalue weighted by atomic mass is 16.3. The van der Waals surface area contributed by atoms with Crippen molar-refractivity contribution >= 4 is 17.4 Å². The normalized spacial score (nSPS) is 17.8. The van der Waals surface area contributed by atoms with Gasteiger partial charge < -0.3 is 20.6 Å². The van der Waals surface area contributed by atoms with E-state index in [4.69, 9.17) is 0 Å². The van der Waals surface area contributed by atoms with Crippen LogP contribution in [-0.4, -0.2) is 51.5 Å². The summed E-state index contributed by atoms with van der Waals surface area (Å²) in [5.74, 6) is -0.806. The third-order valence-electron chi connectivity index (χ3n) is 7.45. The van der Waals surface area contributed by atoms with Crippen LogP contribution in [0.3, 0.4) is 0 Å². The molecule has 1 fully saturated rings. The number of amides is 1. The zero-order valence-electron chi connectivity index (χ0n) is 20.7. The van der Waals surface area contributed by atoms with Crippen molar-refractivity contribution < 1.29 is 24.9 Å². The van der Waals surface area contributed by atoms with Gasteiger partial charge in [-0.3, -0.25) is 14.5 Å². The van der Waals surface area contributed by atoms with Gasteiger partial charge in [0.2, 0.25) is 5.91 Å². The number of hydrogen-bond donors (Lipinski definition) is 4. The van der Waals surface area contributed by atoms with E-state index >= 15 is 0 Å². The van der Waals surface area contributed by atoms with Crippen LogP contribution in [0.1, 0.15) is 64.2 Å². The van der Waals surface area contributed by atoms with Gasteiger partial charge in [0.1, 0.15) is 5.75 Å². The monoisotopic (exact) mass is 500 g/mol. The molecule has 7 nitrogen and oxygen atoms in total. The summed E-state index contributed by atoms with van der Waals surface area (Å²) in [7, 11) is 0. The number of nitrogens with zero attached hydrogens (tertiary/aromatic N) is 1. The molecule has 192 valence electrons. The van der Waals surface area contributed by atoms with Crippen molar-refractivity contribution in [3.05, 3.63) is 82.4 Å². The first kappa shape index (κ1) is 24.8. The van der Waals surface area contributed by atoms with Crippen LogP contribution in [-0.2, 0) is 17.6 Å². The molecule has 0 aromatic heterocycles. The number of phenols is 3. The van der Waals surface area contributed by atoms with E-state index in [9.17, 15) is 24.9 Å². The third kappa shape index (κ3) is 5.62. The number of ketones is 1. The molecule has 2 aliphatic rings. The number of aromatic hydroxyl groups is 3. The number of fused-ring (bicyclic) bond motifs is 1. The number of piperidine rings is 1. The first-order chi connectivity index (χ1) is 17.9. The number of likely N-dealkylation sites (tertiary alicyclic amines) is 1. The lowest BCUT2D eigenvalue weighted by Gasteiger charge is -2.27. The summed E-state index contributed by atoms with van der Waals surface area (Å²) in [5, 5.41) is 33.4. The van der Waals surface area contributed by atoms with Gasteiger partial charge in [-0.1, -0.05) is 30.7 Å². The Morgan fingerprint density at radius 2 is 1.62 bits per heavy atom. The van der Waals surface area contributed by atoms with Crippen molar-refractivity contribution in [3.63, 3.8) is 0 Å². The second-order valence-corrected chi connectivity index (χ2v) is 10.1. The summed E-state index contributed by atoms with van der Waals surface area (Å²) in [6.07, 6.45) is 4.74. The van der Waals surface area contributed by atoms with Gasteiger partial charge in [0, 0.05) is 12.1 Å². The van der Waals surface area contributed by atoms with Gasteiger partial charge in [0.25, 0.3) is 0 Å². The van der Waals surface area contributed by atoms with Crippen LogP contribution in [0.25, 0.3) is 0 Å². The first-order valence-electron chi connectivity index (χ1n) is 12.9. The molecule has 3 aromatic rings. The number of Topliss-reactive ketones (excluding diaryl/α,β-unsaturated/α-hetero) is 1. The minimum atomic E-state index is -0.361. The predicted octanol–water partition coefficient (Wildman–Crippen LogP) is 4.73. The van der Waals surface area contributed by atoms with Crippen molar-refractivity contribution in [2.75, 3.05) is 25.0 Å². The molecule has 1 aliphatic heterocycles. The average molecular weight is 501 g/mol. The van der Waals surface area contributed by atoms with Crippen LogP contribution < -0.4 is 5.32 Å². The van der Waals surface area contributed by atoms with Gasteiger partial charge in [-0.25, -0.2) is 0 Å². The number of hydrogen-bond acceptors (Lipinski definition) is 6. The lowest BCUT2D eigenvalue weighted by atomic mass is 9.76. The van der Waals surface area contributed by atoms with Crippen LogP contribution in [0.15, 0.2) is 54.6 Å². The second kappa shape index (κ2) is 10.6. The Hall–Kier alpha value is -3.84. The number of anilines is 1. The fraction of sp³-hybridized carbons (Fsp3) is 0.333. The SMILES string of the molecule is O=C(CN1CCCCC1)Nc1ccc(Cc2cc(O)c(O)c3c2CC(c2ccc(O)cc2)CC3=O)cc1. The molecule has 1 unspecified atom stereocenters. The maximum Gasteiger partial charge on any atom is 0.238 e. The summed E-state index contributed by atoms with van der Waals surface area (Å²) in [5.41, 5.74) is 4.35. The first-order valence-corrected chi connectivity index (χ1v) is 12.9. The zero-order valence-corrected chi connectivity index (χ0v) is 20.7. The van der Waals surface area contributed by atoms with Crippen molar-refractivity contribution in [1.29, 1.82) is 0 Å². The van der Waals surface area contributed by atoms with E-state index in [1.807, 2.05) is 36.4 Å². The Morgan fingerprint density at radius 1 is 0.919 bits per heavy atom. The highest BCUT2D eigenvalue weighted by Crippen LogP contribution is 2.43. The highest BCUT2D eigenvalue weighted by molar-refractivity contribution is 6.02. The molecule has 37 heavy (non-hydrogen) atoms. The Balaban J connectivity index is 1.33. The number of rotatable bonds is 6. The van der Waals surface area contributed by atoms with Crippen molar-refractivity contribution in [2.45, 2.75) is 44.4 Å². The van der Waals surface area contributed by atoms with E-state index in [1.54, 1.807) is 12.1 Å². The lowest BCUT2D eigenvalue weighted by Crippen LogP contribution is -2.36. The van der Waals surface area contributed by atoms with Gasteiger partial charge in [0.15, 0.2) is 17.3 Å². The molecular formula is C30H32N2O5. The summed E-state index contributed by atoms with van der Waals surface area (Å²) in [6, 6.07) is 16.0. The molecule has 1 saturated heterocycles. The second-order valence-electron chi connectivity index (χ2n) is 10.1. The van der Waals surface area contributed by atoms with E-state index in [2.05, 4.69) is 10.2 Å². The Labute approximate surface area is 216 Å². The molecule has 5 rings (SSSR count). The van der Waals surface area contributed by atoms with Crippen LogP contribution in [0, 0.1) is 0 Å². The third-order valence-corrected chi connectivity index (χ3v) is 7.45. The standard InChI is InChI=1S/C30H32N2O5/c33-24-10-6-20(7-11-24)21-15-25-22(17-27(35)30(37)29(25)26(34)16-21)14-19-4-8-23(9-5-19)31-28(36)18-32-12-2-1-3-13-32/h4-11,17,21,33,35,37H,1-3,12-16,18H2,(H,31,36). The summed E-state index contributed by atoms with van der Waals surface area (Å²) >= 11 is 0. The molecule has 4 N–H and O–H groups in total. The van der Waals surface area contributed by atoms with Crippen LogP contribution in [0.5, 0.6) is 17.2 Å². The molecule has 0 spiro atoms. The number of benzene rings is 3. The van der Waals surface area contributed by atoms with E-state index in [1.165, 1.54) is 12.5 Å². The van der Waals surface area contributed by atoms with Gasteiger partial charge in [0.05, 0.1) is 12.1 Å². The van der Waals surface area contributed by atoms with Crippen molar-refractivity contribution in [1.82, 2.24) is 4.90 Å². The number of carbonyl (C=O) groups is 2. The highest BCUT2D eigenvalue weighted by Gasteiger charge is 2.32. The van der Waals surface area contributed by atoms with E-state index < -0.39 is 0 Å². The maximum absolute atomic E-state index is 13.0. The molecule has 7 heteroatoms. The van der Waals surface area contributed by atoms with E-state index in [0.29, 0.717) is 19.4 Å². The summed E-state index contributed by atoms with van der Waals surface area (Å²) in [4.78, 5) is 27.7. The smallest absolute Gasteiger partial charge is 0.238 e. The molecule has 3 aromatic carbocycles. The van der Waals surface area contributed by atoms with Crippen LogP contribution in [0.2, 0.25) is 0 Å². The fourth-order valence-electron chi connectivity index (χ4n) is 5.52. The molecule has 1 heterocycles. The van der Waals surface area contributed by atoms with Gasteiger partial charge in [-0.2, -0.15) is 0 Å². The number of carbonyl (C=O) groups excluding carboxylic acids is 2. The molecule has 0 bridgehead atoms. The molecule has 1 atom stereocenters. The topological polar surface area (TPSA) is 110 Å². The molecule has 0 radical (unpaired) electrons. The van der Waals surface area contributed by atoms with Gasteiger partial charge >= 0.3 is 0 Å². The predicted molar refractivity (Wildman–Crippen MR) is 141 cm³/mol. The van der Waals surface area contributed by atoms with Crippen molar-refractivity contribution in [2.24, 2.45) is 0 Å². The largest absolute Gasteiger partial charge is 0.508 e. The maximum atomic E-state index is 13.0. The summed E-state index contributed by atoms with van der Waals surface area (Å²) in [6.45, 7) is 2.33. The molecule has 1 amide bonds. The Bertz CT molecular complexity index is 1300. The fourth-order valence-corrected chi connectivity index (χ4v) is 5.52. The lowest BCUT2D eigenvalue weighted by molar-refractivity contribution is -0.117. The Morgan fingerprint density at radius 3 is 2.32 bits per heavy atom. The average Bonchev–Trinajstić information content (AvgIpc) is 2.89. The van der Waals surface area contributed by atoms with Gasteiger partial charge in [-0.05, 0) is 97.3 Å². The minimum Gasteiger partial charge on any atom is -0.508 e. The van der Waals surface area contributed by atoms with E-state index in [0.717, 1.165) is 53.9 Å². The molecule has 0 saturated carbocycles. The minimum absolute atomic E-state index is 0.0223. The quantitative estimate of drug-likeness (QED) is 0.364. The van der Waals surface area contributed by atoms with Gasteiger partial charge in [-0.15, -0.1) is 0 Å². The zero-order chi connectivity index (χ0) is 25.9. The summed E-state index contributed by atoms with van der Waals surface area (Å²) < 4.78 is 0. The Kier molecular flexibility index (Phi) is 7.15. The molecule has 1 aliphatic carbocycles.